The van der Waals surface area contributed by atoms with Crippen LogP contribution in [0, 0.1) is 0 Å². The Labute approximate surface area is 161 Å². The number of fused-ring (bicyclic) bond motifs is 2. The Morgan fingerprint density at radius 1 is 1.19 bits per heavy atom. The van der Waals surface area contributed by atoms with Crippen molar-refractivity contribution < 1.29 is 9.53 Å². The van der Waals surface area contributed by atoms with Crippen molar-refractivity contribution in [1.29, 1.82) is 0 Å². The fraction of sp³-hybridized carbons (Fsp3) is 0.350. The molecule has 1 aromatic heterocycles. The summed E-state index contributed by atoms with van der Waals surface area (Å²) in [6.45, 7) is 4.84. The van der Waals surface area contributed by atoms with E-state index in [0.717, 1.165) is 10.8 Å². The van der Waals surface area contributed by atoms with Crippen LogP contribution < -0.4 is 5.56 Å². The Morgan fingerprint density at radius 3 is 2.59 bits per heavy atom. The third kappa shape index (κ3) is 3.57. The molecule has 3 aromatic rings. The van der Waals surface area contributed by atoms with Crippen molar-refractivity contribution >= 4 is 39.3 Å². The van der Waals surface area contributed by atoms with Crippen LogP contribution in [0.3, 0.4) is 0 Å². The van der Waals surface area contributed by atoms with Gasteiger partial charge in [0, 0.05) is 19.6 Å². The summed E-state index contributed by atoms with van der Waals surface area (Å²) in [7, 11) is 0. The summed E-state index contributed by atoms with van der Waals surface area (Å²) in [5.74, 6) is 0.324. The number of carbonyl (C=O) groups excluding carboxylic acids is 1. The molecule has 6 nitrogen and oxygen atoms in total. The fourth-order valence-corrected chi connectivity index (χ4v) is 4.27. The van der Waals surface area contributed by atoms with Crippen LogP contribution in [0.1, 0.15) is 6.92 Å². The van der Waals surface area contributed by atoms with Crippen LogP contribution in [0.15, 0.2) is 46.3 Å². The van der Waals surface area contributed by atoms with Crippen molar-refractivity contribution in [2.45, 2.75) is 18.6 Å². The summed E-state index contributed by atoms with van der Waals surface area (Å²) in [6.07, 6.45) is 0. The first-order valence-corrected chi connectivity index (χ1v) is 10.1. The van der Waals surface area contributed by atoms with E-state index in [0.29, 0.717) is 48.9 Å². The van der Waals surface area contributed by atoms with Gasteiger partial charge in [0.15, 0.2) is 5.16 Å². The minimum absolute atomic E-state index is 0.0545. The lowest BCUT2D eigenvalue weighted by Gasteiger charge is -2.26. The average Bonchev–Trinajstić information content (AvgIpc) is 2.71. The predicted molar refractivity (Wildman–Crippen MR) is 107 cm³/mol. The average molecular weight is 383 g/mol. The lowest BCUT2D eigenvalue weighted by atomic mass is 10.1. The number of nitrogens with zero attached hydrogens (tertiary/aromatic N) is 3. The molecule has 1 saturated heterocycles. The van der Waals surface area contributed by atoms with Gasteiger partial charge in [0.1, 0.15) is 0 Å². The number of rotatable bonds is 4. The van der Waals surface area contributed by atoms with Crippen LogP contribution in [0.4, 0.5) is 0 Å². The molecule has 0 spiro atoms. The maximum absolute atomic E-state index is 13.0. The Kier molecular flexibility index (Phi) is 5.13. The smallest absolute Gasteiger partial charge is 0.262 e. The molecule has 0 radical (unpaired) electrons. The number of hydrogen-bond donors (Lipinski definition) is 0. The SMILES string of the molecule is CCn1c(SCC(=O)N2CCOCC2)nc2cc3ccccc3cc2c1=O. The van der Waals surface area contributed by atoms with E-state index in [1.54, 1.807) is 9.47 Å². The van der Waals surface area contributed by atoms with Crippen LogP contribution in [-0.4, -0.2) is 52.4 Å². The second-order valence-corrected chi connectivity index (χ2v) is 7.38. The van der Waals surface area contributed by atoms with Crippen molar-refractivity contribution in [3.8, 4) is 0 Å². The van der Waals surface area contributed by atoms with Gasteiger partial charge in [0.2, 0.25) is 5.91 Å². The zero-order valence-electron chi connectivity index (χ0n) is 15.2. The Bertz CT molecular complexity index is 1060. The normalized spacial score (nSPS) is 14.8. The van der Waals surface area contributed by atoms with E-state index in [9.17, 15) is 9.59 Å². The third-order valence-corrected chi connectivity index (χ3v) is 5.75. The first kappa shape index (κ1) is 18.0. The Balaban J connectivity index is 1.68. The van der Waals surface area contributed by atoms with Gasteiger partial charge in [0.25, 0.3) is 5.56 Å². The number of amides is 1. The molecule has 140 valence electrons. The van der Waals surface area contributed by atoms with Gasteiger partial charge in [-0.1, -0.05) is 36.0 Å². The van der Waals surface area contributed by atoms with Crippen LogP contribution in [0.2, 0.25) is 0 Å². The van der Waals surface area contributed by atoms with E-state index in [2.05, 4.69) is 0 Å². The maximum atomic E-state index is 13.0. The van der Waals surface area contributed by atoms with Crippen molar-refractivity contribution in [2.75, 3.05) is 32.1 Å². The van der Waals surface area contributed by atoms with E-state index in [1.807, 2.05) is 43.3 Å². The Morgan fingerprint density at radius 2 is 1.89 bits per heavy atom. The second kappa shape index (κ2) is 7.70. The molecule has 2 aromatic carbocycles. The summed E-state index contributed by atoms with van der Waals surface area (Å²) >= 11 is 1.33. The van der Waals surface area contributed by atoms with Crippen LogP contribution >= 0.6 is 11.8 Å². The van der Waals surface area contributed by atoms with E-state index >= 15 is 0 Å². The summed E-state index contributed by atoms with van der Waals surface area (Å²) in [4.78, 5) is 31.9. The molecule has 1 fully saturated rings. The largest absolute Gasteiger partial charge is 0.378 e. The highest BCUT2D eigenvalue weighted by Gasteiger charge is 2.19. The molecule has 7 heteroatoms. The third-order valence-electron chi connectivity index (χ3n) is 4.79. The summed E-state index contributed by atoms with van der Waals surface area (Å²) < 4.78 is 6.94. The number of carbonyl (C=O) groups is 1. The quantitative estimate of drug-likeness (QED) is 0.394. The molecule has 1 amide bonds. The van der Waals surface area contributed by atoms with E-state index in [1.165, 1.54) is 11.8 Å². The topological polar surface area (TPSA) is 64.4 Å². The summed E-state index contributed by atoms with van der Waals surface area (Å²) in [6, 6.07) is 11.8. The molecule has 0 N–H and O–H groups in total. The first-order valence-electron chi connectivity index (χ1n) is 9.09. The van der Waals surface area contributed by atoms with Gasteiger partial charge >= 0.3 is 0 Å². The minimum Gasteiger partial charge on any atom is -0.378 e. The highest BCUT2D eigenvalue weighted by Crippen LogP contribution is 2.23. The van der Waals surface area contributed by atoms with Gasteiger partial charge in [0.05, 0.1) is 29.9 Å². The highest BCUT2D eigenvalue weighted by molar-refractivity contribution is 7.99. The zero-order chi connectivity index (χ0) is 18.8. The molecule has 0 atom stereocenters. The van der Waals surface area contributed by atoms with Gasteiger partial charge in [-0.25, -0.2) is 4.98 Å². The number of ether oxygens (including phenoxy) is 1. The maximum Gasteiger partial charge on any atom is 0.262 e. The Hall–Kier alpha value is -2.38. The van der Waals surface area contributed by atoms with Crippen molar-refractivity contribution in [1.82, 2.24) is 14.5 Å². The molecule has 1 aliphatic rings. The monoisotopic (exact) mass is 383 g/mol. The van der Waals surface area contributed by atoms with Gasteiger partial charge in [-0.15, -0.1) is 0 Å². The standard InChI is InChI=1S/C20H21N3O3S/c1-2-23-19(25)16-11-14-5-3-4-6-15(14)12-17(16)21-20(23)27-13-18(24)22-7-9-26-10-8-22/h3-6,11-12H,2,7-10,13H2,1H3. The summed E-state index contributed by atoms with van der Waals surface area (Å²) in [5.41, 5.74) is 0.610. The minimum atomic E-state index is -0.0606. The number of thioether (sulfide) groups is 1. The lowest BCUT2D eigenvalue weighted by Crippen LogP contribution is -2.41. The molecule has 4 rings (SSSR count). The molecule has 0 bridgehead atoms. The lowest BCUT2D eigenvalue weighted by molar-refractivity contribution is -0.132. The first-order chi connectivity index (χ1) is 13.2. The number of hydrogen-bond acceptors (Lipinski definition) is 5. The van der Waals surface area contributed by atoms with Crippen molar-refractivity contribution in [3.63, 3.8) is 0 Å². The summed E-state index contributed by atoms with van der Waals surface area (Å²) in [5, 5.41) is 3.27. The zero-order valence-corrected chi connectivity index (χ0v) is 16.0. The molecular formula is C20H21N3O3S. The van der Waals surface area contributed by atoms with Gasteiger partial charge in [-0.2, -0.15) is 0 Å². The van der Waals surface area contributed by atoms with Gasteiger partial charge in [-0.3, -0.25) is 14.2 Å². The molecule has 0 aliphatic carbocycles. The predicted octanol–water partition coefficient (Wildman–Crippen LogP) is 2.52. The fourth-order valence-electron chi connectivity index (χ4n) is 3.31. The molecular weight excluding hydrogens is 362 g/mol. The number of aromatic nitrogens is 2. The van der Waals surface area contributed by atoms with Crippen LogP contribution in [-0.2, 0) is 16.1 Å². The van der Waals surface area contributed by atoms with Crippen LogP contribution in [0.5, 0.6) is 0 Å². The van der Waals surface area contributed by atoms with Crippen molar-refractivity contribution in [3.05, 3.63) is 46.8 Å². The van der Waals surface area contributed by atoms with E-state index in [4.69, 9.17) is 9.72 Å². The van der Waals surface area contributed by atoms with Gasteiger partial charge < -0.3 is 9.64 Å². The molecule has 0 unspecified atom stereocenters. The molecule has 2 heterocycles. The van der Waals surface area contributed by atoms with Crippen molar-refractivity contribution in [2.24, 2.45) is 0 Å². The van der Waals surface area contributed by atoms with Gasteiger partial charge in [-0.05, 0) is 29.8 Å². The van der Waals surface area contributed by atoms with E-state index in [-0.39, 0.29) is 17.2 Å². The second-order valence-electron chi connectivity index (χ2n) is 6.44. The van der Waals surface area contributed by atoms with E-state index < -0.39 is 0 Å². The molecule has 27 heavy (non-hydrogen) atoms. The molecule has 1 aliphatic heterocycles. The number of morpholine rings is 1. The molecule has 0 saturated carbocycles. The number of benzene rings is 2. The highest BCUT2D eigenvalue weighted by atomic mass is 32.2. The van der Waals surface area contributed by atoms with Crippen LogP contribution in [0.25, 0.3) is 21.7 Å².